The minimum Gasteiger partial charge on any atom is -0.492 e. The minimum absolute atomic E-state index is 0.164. The summed E-state index contributed by atoms with van der Waals surface area (Å²) in [5.41, 5.74) is 0.959. The third-order valence-corrected chi connectivity index (χ3v) is 4.55. The molecule has 0 saturated heterocycles. The summed E-state index contributed by atoms with van der Waals surface area (Å²) in [6, 6.07) is 5.09. The average molecular weight is 294 g/mol. The highest BCUT2D eigenvalue weighted by Gasteiger charge is 2.21. The molecule has 0 fully saturated rings. The summed E-state index contributed by atoms with van der Waals surface area (Å²) in [6.45, 7) is 4.47. The van der Waals surface area contributed by atoms with Crippen LogP contribution in [0, 0.1) is 6.92 Å². The zero-order chi connectivity index (χ0) is 14.6. The van der Waals surface area contributed by atoms with E-state index in [4.69, 9.17) is 4.74 Å². The van der Waals surface area contributed by atoms with Crippen molar-refractivity contribution >= 4 is 10.0 Å². The van der Waals surface area contributed by atoms with Gasteiger partial charge in [0.25, 0.3) is 10.0 Å². The lowest BCUT2D eigenvalue weighted by atomic mass is 10.2. The number of aryl methyl sites for hydroxylation is 1. The molecule has 6 heteroatoms. The first-order valence-electron chi connectivity index (χ1n) is 6.52. The first-order chi connectivity index (χ1) is 9.55. The molecule has 0 aliphatic heterocycles. The lowest BCUT2D eigenvalue weighted by molar-refractivity contribution is 0.301. The maximum atomic E-state index is 12.5. The van der Waals surface area contributed by atoms with Crippen molar-refractivity contribution in [3.63, 3.8) is 0 Å². The summed E-state index contributed by atoms with van der Waals surface area (Å²) in [5, 5.41) is 0. The fourth-order valence-electron chi connectivity index (χ4n) is 1.77. The SMILES string of the molecule is CCCCOc1cc(C)ccc1S(=O)(=O)n1ccnc1. The molecule has 1 aromatic carbocycles. The number of unbranched alkanes of at least 4 members (excludes halogenated alkanes) is 1. The van der Waals surface area contributed by atoms with Crippen molar-refractivity contribution in [2.75, 3.05) is 6.61 Å². The van der Waals surface area contributed by atoms with E-state index >= 15 is 0 Å². The van der Waals surface area contributed by atoms with Gasteiger partial charge in [0, 0.05) is 12.4 Å². The number of hydrogen-bond acceptors (Lipinski definition) is 4. The van der Waals surface area contributed by atoms with Gasteiger partial charge in [-0.05, 0) is 31.0 Å². The van der Waals surface area contributed by atoms with Crippen LogP contribution in [0.25, 0.3) is 0 Å². The summed E-state index contributed by atoms with van der Waals surface area (Å²) in [7, 11) is -3.65. The van der Waals surface area contributed by atoms with Gasteiger partial charge in [-0.15, -0.1) is 0 Å². The van der Waals surface area contributed by atoms with E-state index < -0.39 is 10.0 Å². The average Bonchev–Trinajstić information content (AvgIpc) is 2.93. The fourth-order valence-corrected chi connectivity index (χ4v) is 3.00. The van der Waals surface area contributed by atoms with Gasteiger partial charge < -0.3 is 4.74 Å². The first kappa shape index (κ1) is 14.6. The number of aromatic nitrogens is 2. The summed E-state index contributed by atoms with van der Waals surface area (Å²) in [6.07, 6.45) is 5.99. The number of ether oxygens (including phenoxy) is 1. The normalized spacial score (nSPS) is 11.5. The number of benzene rings is 1. The summed E-state index contributed by atoms with van der Waals surface area (Å²) in [4.78, 5) is 3.94. The second kappa shape index (κ2) is 6.09. The molecule has 2 rings (SSSR count). The Morgan fingerprint density at radius 2 is 2.15 bits per heavy atom. The van der Waals surface area contributed by atoms with Crippen molar-refractivity contribution in [1.29, 1.82) is 0 Å². The van der Waals surface area contributed by atoms with Gasteiger partial charge >= 0.3 is 0 Å². The van der Waals surface area contributed by atoms with Crippen LogP contribution in [0.15, 0.2) is 41.8 Å². The highest BCUT2D eigenvalue weighted by atomic mass is 32.2. The number of rotatable bonds is 6. The van der Waals surface area contributed by atoms with Gasteiger partial charge in [-0.25, -0.2) is 17.4 Å². The van der Waals surface area contributed by atoms with E-state index in [0.717, 1.165) is 22.4 Å². The fraction of sp³-hybridized carbons (Fsp3) is 0.357. The molecular formula is C14H18N2O3S. The molecule has 20 heavy (non-hydrogen) atoms. The van der Waals surface area contributed by atoms with E-state index in [0.29, 0.717) is 12.4 Å². The van der Waals surface area contributed by atoms with Crippen molar-refractivity contribution < 1.29 is 13.2 Å². The van der Waals surface area contributed by atoms with Crippen molar-refractivity contribution in [3.8, 4) is 5.75 Å². The zero-order valence-corrected chi connectivity index (χ0v) is 12.4. The summed E-state index contributed by atoms with van der Waals surface area (Å²) >= 11 is 0. The molecule has 1 heterocycles. The Kier molecular flexibility index (Phi) is 4.44. The molecule has 0 aliphatic rings. The highest BCUT2D eigenvalue weighted by molar-refractivity contribution is 7.90. The van der Waals surface area contributed by atoms with E-state index in [-0.39, 0.29) is 4.90 Å². The highest BCUT2D eigenvalue weighted by Crippen LogP contribution is 2.27. The van der Waals surface area contributed by atoms with Gasteiger partial charge in [0.05, 0.1) is 6.61 Å². The van der Waals surface area contributed by atoms with E-state index in [1.54, 1.807) is 18.2 Å². The third kappa shape index (κ3) is 3.01. The number of imidazole rings is 1. The lowest BCUT2D eigenvalue weighted by Gasteiger charge is -2.13. The van der Waals surface area contributed by atoms with Crippen LogP contribution in [0.5, 0.6) is 5.75 Å². The Bertz CT molecular complexity index is 664. The Morgan fingerprint density at radius 1 is 1.35 bits per heavy atom. The Morgan fingerprint density at radius 3 is 2.80 bits per heavy atom. The quantitative estimate of drug-likeness (QED) is 0.768. The van der Waals surface area contributed by atoms with Crippen LogP contribution in [-0.4, -0.2) is 24.0 Å². The van der Waals surface area contributed by atoms with Gasteiger partial charge in [0.1, 0.15) is 17.0 Å². The Balaban J connectivity index is 2.40. The molecule has 0 radical (unpaired) electrons. The molecule has 0 bridgehead atoms. The van der Waals surface area contributed by atoms with Crippen LogP contribution in [-0.2, 0) is 10.0 Å². The maximum Gasteiger partial charge on any atom is 0.272 e. The van der Waals surface area contributed by atoms with Crippen molar-refractivity contribution in [2.45, 2.75) is 31.6 Å². The van der Waals surface area contributed by atoms with Gasteiger partial charge in [-0.3, -0.25) is 0 Å². The molecule has 0 saturated carbocycles. The standard InChI is InChI=1S/C14H18N2O3S/c1-3-4-9-19-13-10-12(2)5-6-14(13)20(17,18)16-8-7-15-11-16/h5-8,10-11H,3-4,9H2,1-2H3. The van der Waals surface area contributed by atoms with Crippen molar-refractivity contribution in [1.82, 2.24) is 8.96 Å². The van der Waals surface area contributed by atoms with Crippen LogP contribution in [0.3, 0.4) is 0 Å². The van der Waals surface area contributed by atoms with Gasteiger partial charge in [-0.2, -0.15) is 0 Å². The van der Waals surface area contributed by atoms with Crippen LogP contribution >= 0.6 is 0 Å². The summed E-state index contributed by atoms with van der Waals surface area (Å²) < 4.78 is 31.7. The van der Waals surface area contributed by atoms with E-state index in [1.165, 1.54) is 18.7 Å². The molecular weight excluding hydrogens is 276 g/mol. The van der Waals surface area contributed by atoms with Crippen molar-refractivity contribution in [3.05, 3.63) is 42.5 Å². The monoisotopic (exact) mass is 294 g/mol. The molecule has 0 aliphatic carbocycles. The lowest BCUT2D eigenvalue weighted by Crippen LogP contribution is -2.13. The minimum atomic E-state index is -3.65. The number of hydrogen-bond donors (Lipinski definition) is 0. The first-order valence-corrected chi connectivity index (χ1v) is 7.96. The molecule has 5 nitrogen and oxygen atoms in total. The molecule has 0 amide bonds. The number of nitrogens with zero attached hydrogens (tertiary/aromatic N) is 2. The van der Waals surface area contributed by atoms with Gasteiger partial charge in [0.2, 0.25) is 0 Å². The zero-order valence-electron chi connectivity index (χ0n) is 11.6. The van der Waals surface area contributed by atoms with Crippen LogP contribution in [0.1, 0.15) is 25.3 Å². The maximum absolute atomic E-state index is 12.5. The van der Waals surface area contributed by atoms with Gasteiger partial charge in [0.15, 0.2) is 0 Å². The van der Waals surface area contributed by atoms with Crippen LogP contribution in [0.4, 0.5) is 0 Å². The molecule has 108 valence electrons. The van der Waals surface area contributed by atoms with Gasteiger partial charge in [-0.1, -0.05) is 19.4 Å². The Hall–Kier alpha value is -1.82. The van der Waals surface area contributed by atoms with Crippen molar-refractivity contribution in [2.24, 2.45) is 0 Å². The van der Waals surface area contributed by atoms with Crippen LogP contribution in [0.2, 0.25) is 0 Å². The second-order valence-corrected chi connectivity index (χ2v) is 6.36. The second-order valence-electron chi connectivity index (χ2n) is 4.55. The molecule has 1 aromatic heterocycles. The predicted octanol–water partition coefficient (Wildman–Crippen LogP) is 2.61. The summed E-state index contributed by atoms with van der Waals surface area (Å²) in [5.74, 6) is 0.396. The predicted molar refractivity (Wildman–Crippen MR) is 76.4 cm³/mol. The molecule has 0 unspecified atom stereocenters. The molecule has 0 atom stereocenters. The van der Waals surface area contributed by atoms with E-state index in [2.05, 4.69) is 11.9 Å². The van der Waals surface area contributed by atoms with Crippen LogP contribution < -0.4 is 4.74 Å². The smallest absolute Gasteiger partial charge is 0.272 e. The van der Waals surface area contributed by atoms with E-state index in [1.807, 2.05) is 6.92 Å². The van der Waals surface area contributed by atoms with E-state index in [9.17, 15) is 8.42 Å². The molecule has 2 aromatic rings. The largest absolute Gasteiger partial charge is 0.492 e. The third-order valence-electron chi connectivity index (χ3n) is 2.89. The molecule has 0 spiro atoms. The topological polar surface area (TPSA) is 61.2 Å². The molecule has 0 N–H and O–H groups in total. The Labute approximate surface area is 119 Å².